The molecule has 2 aliphatic heterocycles. The summed E-state index contributed by atoms with van der Waals surface area (Å²) in [6, 6.07) is 13.2. The maximum atomic E-state index is 13.1. The number of carbonyl (C=O) groups excluding carboxylic acids is 1. The molecule has 1 fully saturated rings. The summed E-state index contributed by atoms with van der Waals surface area (Å²) in [4.78, 5) is 19.7. The van der Waals surface area contributed by atoms with Gasteiger partial charge in [0.25, 0.3) is 0 Å². The molecular weight excluding hydrogens is 475 g/mol. The van der Waals surface area contributed by atoms with Gasteiger partial charge in [0, 0.05) is 63.0 Å². The van der Waals surface area contributed by atoms with Gasteiger partial charge in [-0.3, -0.25) is 9.69 Å². The molecule has 5 rings (SSSR count). The summed E-state index contributed by atoms with van der Waals surface area (Å²) < 4.78 is 15.5. The van der Waals surface area contributed by atoms with E-state index in [9.17, 15) is 9.18 Å². The molecule has 0 aliphatic carbocycles. The van der Waals surface area contributed by atoms with E-state index in [1.54, 1.807) is 0 Å². The molecule has 0 radical (unpaired) electrons. The van der Waals surface area contributed by atoms with Gasteiger partial charge in [-0.15, -0.1) is 0 Å². The molecule has 0 atom stereocenters. The molecule has 0 N–H and O–H groups in total. The van der Waals surface area contributed by atoms with E-state index in [1.165, 1.54) is 40.7 Å². The highest BCUT2D eigenvalue weighted by molar-refractivity contribution is 5.98. The Hall–Kier alpha value is -2.70. The van der Waals surface area contributed by atoms with Crippen molar-refractivity contribution in [2.24, 2.45) is 7.05 Å². The van der Waals surface area contributed by atoms with Crippen molar-refractivity contribution >= 4 is 22.5 Å². The Morgan fingerprint density at radius 1 is 0.868 bits per heavy atom. The average Bonchev–Trinajstić information content (AvgIpc) is 3.06. The Bertz CT molecular complexity index is 1170. The number of amides is 1. The fraction of sp³-hybridized carbons (Fsp3) is 0.531. The van der Waals surface area contributed by atoms with Crippen molar-refractivity contribution in [2.75, 3.05) is 50.7 Å². The van der Waals surface area contributed by atoms with Crippen LogP contribution in [0.4, 0.5) is 10.1 Å². The lowest BCUT2D eigenvalue weighted by atomic mass is 10.1. The number of aryl methyl sites for hydroxylation is 1. The topological polar surface area (TPSA) is 31.7 Å². The largest absolute Gasteiger partial charge is 0.347 e. The number of aromatic nitrogens is 1. The number of fused-ring (bicyclic) bond motifs is 3. The Kier molecular flexibility index (Phi) is 11.4. The van der Waals surface area contributed by atoms with Crippen molar-refractivity contribution in [2.45, 2.75) is 60.3 Å². The zero-order chi connectivity index (χ0) is 27.7. The van der Waals surface area contributed by atoms with Crippen molar-refractivity contribution < 1.29 is 9.18 Å². The van der Waals surface area contributed by atoms with Gasteiger partial charge in [-0.25, -0.2) is 4.39 Å². The van der Waals surface area contributed by atoms with Gasteiger partial charge in [-0.2, -0.15) is 0 Å². The molecule has 0 unspecified atom stereocenters. The first-order valence-corrected chi connectivity index (χ1v) is 14.5. The van der Waals surface area contributed by atoms with Crippen molar-refractivity contribution in [3.63, 3.8) is 0 Å². The van der Waals surface area contributed by atoms with Gasteiger partial charge in [0.15, 0.2) is 0 Å². The minimum atomic E-state index is -0.211. The van der Waals surface area contributed by atoms with Crippen molar-refractivity contribution in [1.82, 2.24) is 14.4 Å². The molecule has 2 aromatic carbocycles. The van der Waals surface area contributed by atoms with Crippen LogP contribution < -0.4 is 4.90 Å². The Morgan fingerprint density at radius 3 is 2.21 bits per heavy atom. The SMILES string of the molecule is CC.CCC.CCN1CCc2c(n(C)c3cc(N4CCN(CCc5ccc(F)cc5)CC4=O)ccc23)CC1. The molecule has 0 saturated carbocycles. The monoisotopic (exact) mass is 522 g/mol. The summed E-state index contributed by atoms with van der Waals surface area (Å²) in [7, 11) is 2.17. The second kappa shape index (κ2) is 14.5. The van der Waals surface area contributed by atoms with E-state index >= 15 is 0 Å². The number of halogens is 1. The number of anilines is 1. The van der Waals surface area contributed by atoms with E-state index in [-0.39, 0.29) is 11.7 Å². The highest BCUT2D eigenvalue weighted by Gasteiger charge is 2.26. The summed E-state index contributed by atoms with van der Waals surface area (Å²) in [5.74, 6) is -0.0638. The van der Waals surface area contributed by atoms with Crippen LogP contribution in [0.3, 0.4) is 0 Å². The zero-order valence-corrected chi connectivity index (χ0v) is 24.4. The number of likely N-dealkylation sites (N-methyl/N-ethyl adjacent to an activating group) is 1. The van der Waals surface area contributed by atoms with Crippen LogP contribution in [-0.2, 0) is 31.1 Å². The molecule has 3 aromatic rings. The molecule has 38 heavy (non-hydrogen) atoms. The maximum absolute atomic E-state index is 13.1. The molecule has 0 bridgehead atoms. The summed E-state index contributed by atoms with van der Waals surface area (Å²) in [6.45, 7) is 16.6. The molecule has 2 aliphatic rings. The van der Waals surface area contributed by atoms with Crippen LogP contribution in [0, 0.1) is 5.82 Å². The van der Waals surface area contributed by atoms with Gasteiger partial charge in [0.2, 0.25) is 5.91 Å². The number of rotatable bonds is 5. The van der Waals surface area contributed by atoms with Crippen LogP contribution in [-0.4, -0.2) is 66.1 Å². The zero-order valence-electron chi connectivity index (χ0n) is 24.4. The quantitative estimate of drug-likeness (QED) is 0.408. The van der Waals surface area contributed by atoms with Crippen LogP contribution in [0.15, 0.2) is 42.5 Å². The normalized spacial score (nSPS) is 16.3. The third kappa shape index (κ3) is 7.03. The lowest BCUT2D eigenvalue weighted by Crippen LogP contribution is -2.50. The lowest BCUT2D eigenvalue weighted by molar-refractivity contribution is -0.121. The molecule has 1 saturated heterocycles. The summed E-state index contributed by atoms with van der Waals surface area (Å²) >= 11 is 0. The van der Waals surface area contributed by atoms with E-state index < -0.39 is 0 Å². The number of carbonyl (C=O) groups is 1. The first-order valence-electron chi connectivity index (χ1n) is 14.5. The Morgan fingerprint density at radius 2 is 1.55 bits per heavy atom. The summed E-state index contributed by atoms with van der Waals surface area (Å²) in [5.41, 5.74) is 6.25. The van der Waals surface area contributed by atoms with E-state index in [0.29, 0.717) is 13.1 Å². The highest BCUT2D eigenvalue weighted by Crippen LogP contribution is 2.32. The van der Waals surface area contributed by atoms with Gasteiger partial charge in [-0.1, -0.05) is 59.2 Å². The number of piperazine rings is 1. The molecule has 208 valence electrons. The van der Waals surface area contributed by atoms with E-state index in [1.807, 2.05) is 30.9 Å². The third-order valence-electron chi connectivity index (χ3n) is 7.45. The fourth-order valence-corrected chi connectivity index (χ4v) is 5.41. The van der Waals surface area contributed by atoms with E-state index in [2.05, 4.69) is 60.4 Å². The van der Waals surface area contributed by atoms with Crippen molar-refractivity contribution in [3.8, 4) is 0 Å². The second-order valence-corrected chi connectivity index (χ2v) is 10.0. The van der Waals surface area contributed by atoms with Crippen LogP contribution in [0.5, 0.6) is 0 Å². The number of nitrogens with zero attached hydrogens (tertiary/aromatic N) is 4. The van der Waals surface area contributed by atoms with Gasteiger partial charge >= 0.3 is 0 Å². The molecule has 1 aromatic heterocycles. The number of hydrogen-bond donors (Lipinski definition) is 0. The standard InChI is InChI=1S/C27H33FN4O.C3H8.C2H6/c1-3-30-14-11-24-23-9-8-22(18-26(23)29(2)25(24)12-15-30)32-17-16-31(19-27(32)33)13-10-20-4-6-21(28)7-5-20;1-3-2;1-2/h4-9,18H,3,10-17,19H2,1-2H3;3H2,1-2H3;1-2H3. The van der Waals surface area contributed by atoms with Gasteiger partial charge in [-0.05, 0) is 54.8 Å². The van der Waals surface area contributed by atoms with Gasteiger partial charge in [0.05, 0.1) is 12.1 Å². The van der Waals surface area contributed by atoms with Crippen LogP contribution in [0.25, 0.3) is 10.9 Å². The minimum absolute atomic E-state index is 0.147. The van der Waals surface area contributed by atoms with Crippen LogP contribution >= 0.6 is 0 Å². The first-order chi connectivity index (χ1) is 18.4. The number of hydrogen-bond acceptors (Lipinski definition) is 3. The lowest BCUT2D eigenvalue weighted by Gasteiger charge is -2.34. The van der Waals surface area contributed by atoms with Crippen molar-refractivity contribution in [1.29, 1.82) is 0 Å². The van der Waals surface area contributed by atoms with Crippen LogP contribution in [0.1, 0.15) is 57.9 Å². The Balaban J connectivity index is 0.000000748. The van der Waals surface area contributed by atoms with E-state index in [0.717, 1.165) is 63.2 Å². The fourth-order valence-electron chi connectivity index (χ4n) is 5.41. The first kappa shape index (κ1) is 29.9. The van der Waals surface area contributed by atoms with Gasteiger partial charge < -0.3 is 14.4 Å². The smallest absolute Gasteiger partial charge is 0.241 e. The minimum Gasteiger partial charge on any atom is -0.347 e. The molecule has 0 spiro atoms. The summed E-state index contributed by atoms with van der Waals surface area (Å²) in [5, 5.41) is 1.33. The molecular formula is C32H47FN4O. The molecule has 5 nitrogen and oxygen atoms in total. The third-order valence-corrected chi connectivity index (χ3v) is 7.45. The average molecular weight is 523 g/mol. The molecule has 6 heteroatoms. The Labute approximate surface area is 229 Å². The van der Waals surface area contributed by atoms with E-state index in [4.69, 9.17) is 0 Å². The predicted molar refractivity (Wildman–Crippen MR) is 159 cm³/mol. The van der Waals surface area contributed by atoms with Crippen LogP contribution in [0.2, 0.25) is 0 Å². The molecule has 3 heterocycles. The maximum Gasteiger partial charge on any atom is 0.241 e. The highest BCUT2D eigenvalue weighted by atomic mass is 19.1. The number of benzene rings is 2. The van der Waals surface area contributed by atoms with Crippen molar-refractivity contribution in [3.05, 3.63) is 65.1 Å². The summed E-state index contributed by atoms with van der Waals surface area (Å²) in [6.07, 6.45) is 4.24. The second-order valence-electron chi connectivity index (χ2n) is 10.0. The molecule has 1 amide bonds. The predicted octanol–water partition coefficient (Wildman–Crippen LogP) is 6.07. The van der Waals surface area contributed by atoms with Gasteiger partial charge in [0.1, 0.15) is 5.82 Å².